The third kappa shape index (κ3) is 2.30. The maximum absolute atomic E-state index is 3.60. The molecule has 16 heavy (non-hydrogen) atoms. The first-order valence-corrected chi connectivity index (χ1v) is 7.18. The standard InChI is InChI=1S/C13H22N2S/c1-10-7-12(11(2)15(10)3)8-14-9-13(16-4)5-6-13/h7,14H,5-6,8-9H2,1-4H3. The van der Waals surface area contributed by atoms with Crippen LogP contribution in [0, 0.1) is 13.8 Å². The average molecular weight is 238 g/mol. The van der Waals surface area contributed by atoms with Gasteiger partial charge in [-0.1, -0.05) is 0 Å². The lowest BCUT2D eigenvalue weighted by molar-refractivity contribution is 0.659. The van der Waals surface area contributed by atoms with E-state index in [0.717, 1.165) is 13.1 Å². The second-order valence-electron chi connectivity index (χ2n) is 4.95. The molecule has 1 aliphatic rings. The van der Waals surface area contributed by atoms with Crippen molar-refractivity contribution in [1.82, 2.24) is 9.88 Å². The zero-order chi connectivity index (χ0) is 11.8. The normalized spacial score (nSPS) is 17.8. The Morgan fingerprint density at radius 2 is 2.12 bits per heavy atom. The van der Waals surface area contributed by atoms with E-state index in [1.54, 1.807) is 0 Å². The van der Waals surface area contributed by atoms with Crippen molar-refractivity contribution in [3.8, 4) is 0 Å². The molecule has 1 heterocycles. The van der Waals surface area contributed by atoms with Crippen LogP contribution in [0.3, 0.4) is 0 Å². The molecule has 1 aromatic heterocycles. The van der Waals surface area contributed by atoms with Gasteiger partial charge in [0.1, 0.15) is 0 Å². The Balaban J connectivity index is 1.88. The molecule has 0 saturated heterocycles. The molecule has 0 bridgehead atoms. The Kier molecular flexibility index (Phi) is 3.36. The molecule has 0 radical (unpaired) electrons. The lowest BCUT2D eigenvalue weighted by Crippen LogP contribution is -2.25. The van der Waals surface area contributed by atoms with Gasteiger partial charge in [-0.15, -0.1) is 0 Å². The van der Waals surface area contributed by atoms with E-state index in [-0.39, 0.29) is 0 Å². The highest BCUT2D eigenvalue weighted by atomic mass is 32.2. The van der Waals surface area contributed by atoms with Gasteiger partial charge >= 0.3 is 0 Å². The van der Waals surface area contributed by atoms with Crippen LogP contribution in [-0.2, 0) is 13.6 Å². The number of rotatable bonds is 5. The summed E-state index contributed by atoms with van der Waals surface area (Å²) < 4.78 is 2.83. The van der Waals surface area contributed by atoms with Gasteiger partial charge in [0, 0.05) is 36.3 Å². The Hall–Kier alpha value is -0.410. The zero-order valence-corrected chi connectivity index (χ0v) is 11.6. The minimum atomic E-state index is 0.567. The molecule has 0 aliphatic heterocycles. The topological polar surface area (TPSA) is 17.0 Å². The fraction of sp³-hybridized carbons (Fsp3) is 0.692. The average Bonchev–Trinajstić information content (AvgIpc) is 3.01. The third-order valence-corrected chi connectivity index (χ3v) is 5.30. The van der Waals surface area contributed by atoms with Crippen LogP contribution in [0.15, 0.2) is 6.07 Å². The summed E-state index contributed by atoms with van der Waals surface area (Å²) in [5, 5.41) is 3.60. The largest absolute Gasteiger partial charge is 0.352 e. The molecule has 0 spiro atoms. The Morgan fingerprint density at radius 3 is 2.56 bits per heavy atom. The zero-order valence-electron chi connectivity index (χ0n) is 10.8. The van der Waals surface area contributed by atoms with E-state index in [2.05, 4.69) is 43.1 Å². The highest BCUT2D eigenvalue weighted by Crippen LogP contribution is 2.46. The van der Waals surface area contributed by atoms with Crippen molar-refractivity contribution < 1.29 is 0 Å². The van der Waals surface area contributed by atoms with Crippen molar-refractivity contribution in [1.29, 1.82) is 0 Å². The van der Waals surface area contributed by atoms with Crippen LogP contribution in [0.5, 0.6) is 0 Å². The number of nitrogens with zero attached hydrogens (tertiary/aromatic N) is 1. The Labute approximate surface area is 103 Å². The first-order chi connectivity index (χ1) is 7.58. The monoisotopic (exact) mass is 238 g/mol. The SMILES string of the molecule is CSC1(CNCc2cc(C)n(C)c2C)CC1. The van der Waals surface area contributed by atoms with Crippen LogP contribution in [0.2, 0.25) is 0 Å². The second-order valence-corrected chi connectivity index (χ2v) is 6.22. The minimum absolute atomic E-state index is 0.567. The number of hydrogen-bond donors (Lipinski definition) is 1. The first kappa shape index (κ1) is 12.1. The number of aryl methyl sites for hydroxylation is 1. The lowest BCUT2D eigenvalue weighted by atomic mass is 10.2. The van der Waals surface area contributed by atoms with Crippen molar-refractivity contribution in [3.05, 3.63) is 23.0 Å². The molecular formula is C13H22N2S. The van der Waals surface area contributed by atoms with Gasteiger partial charge in [0.05, 0.1) is 0 Å². The molecule has 1 aliphatic carbocycles. The smallest absolute Gasteiger partial charge is 0.0282 e. The molecule has 1 saturated carbocycles. The molecular weight excluding hydrogens is 216 g/mol. The summed E-state index contributed by atoms with van der Waals surface area (Å²) in [6.07, 6.45) is 4.99. The Bertz CT molecular complexity index is 378. The summed E-state index contributed by atoms with van der Waals surface area (Å²) in [5.74, 6) is 0. The van der Waals surface area contributed by atoms with E-state index in [9.17, 15) is 0 Å². The molecule has 0 unspecified atom stereocenters. The summed E-state index contributed by atoms with van der Waals surface area (Å²) >= 11 is 2.02. The summed E-state index contributed by atoms with van der Waals surface area (Å²) in [7, 11) is 2.14. The fourth-order valence-electron chi connectivity index (χ4n) is 2.13. The van der Waals surface area contributed by atoms with Gasteiger partial charge in [0.15, 0.2) is 0 Å². The number of hydrogen-bond acceptors (Lipinski definition) is 2. The molecule has 1 N–H and O–H groups in total. The van der Waals surface area contributed by atoms with E-state index < -0.39 is 0 Å². The summed E-state index contributed by atoms with van der Waals surface area (Å²) in [6, 6.07) is 2.29. The molecule has 0 atom stereocenters. The quantitative estimate of drug-likeness (QED) is 0.849. The van der Waals surface area contributed by atoms with Gasteiger partial charge in [0.25, 0.3) is 0 Å². The predicted octanol–water partition coefficient (Wildman–Crippen LogP) is 2.63. The van der Waals surface area contributed by atoms with Gasteiger partial charge in [-0.05, 0) is 44.6 Å². The van der Waals surface area contributed by atoms with E-state index in [1.165, 1.54) is 29.8 Å². The van der Waals surface area contributed by atoms with Gasteiger partial charge in [-0.3, -0.25) is 0 Å². The number of thioether (sulfide) groups is 1. The van der Waals surface area contributed by atoms with Gasteiger partial charge in [-0.2, -0.15) is 11.8 Å². The van der Waals surface area contributed by atoms with Crippen molar-refractivity contribution in [2.24, 2.45) is 7.05 Å². The fourth-order valence-corrected chi connectivity index (χ4v) is 2.89. The van der Waals surface area contributed by atoms with Crippen molar-refractivity contribution >= 4 is 11.8 Å². The van der Waals surface area contributed by atoms with Crippen LogP contribution >= 0.6 is 11.8 Å². The van der Waals surface area contributed by atoms with E-state index >= 15 is 0 Å². The van der Waals surface area contributed by atoms with Gasteiger partial charge < -0.3 is 9.88 Å². The van der Waals surface area contributed by atoms with E-state index in [1.807, 2.05) is 11.8 Å². The van der Waals surface area contributed by atoms with Crippen LogP contribution in [0.25, 0.3) is 0 Å². The maximum atomic E-state index is 3.60. The second kappa shape index (κ2) is 4.46. The lowest BCUT2D eigenvalue weighted by Gasteiger charge is -2.12. The predicted molar refractivity (Wildman–Crippen MR) is 72.1 cm³/mol. The molecule has 0 amide bonds. The number of nitrogens with one attached hydrogen (secondary N) is 1. The molecule has 2 nitrogen and oxygen atoms in total. The first-order valence-electron chi connectivity index (χ1n) is 5.96. The van der Waals surface area contributed by atoms with Crippen molar-refractivity contribution in [2.45, 2.75) is 38.0 Å². The minimum Gasteiger partial charge on any atom is -0.352 e. The van der Waals surface area contributed by atoms with Crippen molar-refractivity contribution in [2.75, 3.05) is 12.8 Å². The van der Waals surface area contributed by atoms with E-state index in [4.69, 9.17) is 0 Å². The molecule has 1 aromatic rings. The molecule has 90 valence electrons. The Morgan fingerprint density at radius 1 is 1.44 bits per heavy atom. The summed E-state index contributed by atoms with van der Waals surface area (Å²) in [5.41, 5.74) is 4.18. The van der Waals surface area contributed by atoms with Gasteiger partial charge in [-0.25, -0.2) is 0 Å². The highest BCUT2D eigenvalue weighted by Gasteiger charge is 2.41. The third-order valence-electron chi connectivity index (χ3n) is 3.88. The van der Waals surface area contributed by atoms with Crippen LogP contribution in [0.1, 0.15) is 29.8 Å². The van der Waals surface area contributed by atoms with Crippen LogP contribution in [-0.4, -0.2) is 22.1 Å². The molecule has 1 fully saturated rings. The maximum Gasteiger partial charge on any atom is 0.0282 e. The summed E-state index contributed by atoms with van der Waals surface area (Å²) in [4.78, 5) is 0. The molecule has 2 rings (SSSR count). The van der Waals surface area contributed by atoms with Gasteiger partial charge in [0.2, 0.25) is 0 Å². The van der Waals surface area contributed by atoms with E-state index in [0.29, 0.717) is 4.75 Å². The number of aromatic nitrogens is 1. The summed E-state index contributed by atoms with van der Waals surface area (Å²) in [6.45, 7) is 6.53. The molecule has 0 aromatic carbocycles. The molecule has 3 heteroatoms. The highest BCUT2D eigenvalue weighted by molar-refractivity contribution is 8.00. The van der Waals surface area contributed by atoms with Crippen LogP contribution in [0.4, 0.5) is 0 Å². The van der Waals surface area contributed by atoms with Crippen LogP contribution < -0.4 is 5.32 Å². The van der Waals surface area contributed by atoms with Crippen molar-refractivity contribution in [3.63, 3.8) is 0 Å².